The Morgan fingerprint density at radius 2 is 2.17 bits per heavy atom. The lowest BCUT2D eigenvalue weighted by Crippen LogP contribution is -2.46. The highest BCUT2D eigenvalue weighted by Gasteiger charge is 2.27. The van der Waals surface area contributed by atoms with E-state index in [1.807, 2.05) is 35.1 Å². The number of hydrogen-bond acceptors (Lipinski definition) is 5. The first kappa shape index (κ1) is 17.6. The summed E-state index contributed by atoms with van der Waals surface area (Å²) in [6, 6.07) is -0.0109. The van der Waals surface area contributed by atoms with Gasteiger partial charge in [0, 0.05) is 30.9 Å². The summed E-state index contributed by atoms with van der Waals surface area (Å²) >= 11 is 1.52. The summed E-state index contributed by atoms with van der Waals surface area (Å²) in [5, 5.41) is 5.89. The van der Waals surface area contributed by atoms with Crippen LogP contribution in [0, 0.1) is 5.41 Å². The van der Waals surface area contributed by atoms with Gasteiger partial charge in [-0.2, -0.15) is 0 Å². The zero-order valence-electron chi connectivity index (χ0n) is 14.4. The topological polar surface area (TPSA) is 63.1 Å². The van der Waals surface area contributed by atoms with Crippen LogP contribution in [0.15, 0.2) is 24.1 Å². The highest BCUT2D eigenvalue weighted by atomic mass is 32.1. The van der Waals surface area contributed by atoms with E-state index in [0.29, 0.717) is 12.2 Å². The lowest BCUT2D eigenvalue weighted by atomic mass is 9.86. The highest BCUT2D eigenvalue weighted by Crippen LogP contribution is 2.21. The molecule has 6 nitrogen and oxygen atoms in total. The summed E-state index contributed by atoms with van der Waals surface area (Å²) in [5.74, 6) is -0.119. The van der Waals surface area contributed by atoms with Crippen LogP contribution in [0.5, 0.6) is 0 Å². The molecule has 0 aliphatic rings. The summed E-state index contributed by atoms with van der Waals surface area (Å²) in [6.07, 6.45) is 5.42. The standard InChI is InChI=1S/C16H25N5OS/c1-16(2,3)13(8-21-7-6-17-11-21)19-15(22)12-10-23-14(18-12)9-20(4)5/h6-7,10-11,13H,8-9H2,1-5H3,(H,19,22)/t13-/m0/s1. The lowest BCUT2D eigenvalue weighted by Gasteiger charge is -2.31. The highest BCUT2D eigenvalue weighted by molar-refractivity contribution is 7.09. The zero-order chi connectivity index (χ0) is 17.0. The molecule has 0 aliphatic carbocycles. The first-order valence-electron chi connectivity index (χ1n) is 7.61. The molecule has 126 valence electrons. The molecule has 0 bridgehead atoms. The third kappa shape index (κ3) is 5.14. The monoisotopic (exact) mass is 335 g/mol. The largest absolute Gasteiger partial charge is 0.346 e. The van der Waals surface area contributed by atoms with Crippen LogP contribution in [0.2, 0.25) is 0 Å². The van der Waals surface area contributed by atoms with Crippen molar-refractivity contribution in [3.8, 4) is 0 Å². The summed E-state index contributed by atoms with van der Waals surface area (Å²) in [5.41, 5.74) is 0.425. The van der Waals surface area contributed by atoms with Gasteiger partial charge in [0.1, 0.15) is 10.7 Å². The maximum atomic E-state index is 12.5. The Hall–Kier alpha value is -1.73. The number of carbonyl (C=O) groups is 1. The molecule has 2 rings (SSSR count). The van der Waals surface area contributed by atoms with E-state index in [4.69, 9.17) is 0 Å². The first-order valence-corrected chi connectivity index (χ1v) is 8.49. The minimum Gasteiger partial charge on any atom is -0.346 e. The predicted molar refractivity (Wildman–Crippen MR) is 92.4 cm³/mol. The molecule has 1 atom stereocenters. The number of nitrogens with one attached hydrogen (secondary N) is 1. The molecule has 2 aromatic heterocycles. The fraction of sp³-hybridized carbons (Fsp3) is 0.562. The Kier molecular flexibility index (Phi) is 5.54. The molecule has 2 aromatic rings. The van der Waals surface area contributed by atoms with E-state index in [-0.39, 0.29) is 17.4 Å². The van der Waals surface area contributed by atoms with Gasteiger partial charge in [0.2, 0.25) is 0 Å². The Morgan fingerprint density at radius 1 is 1.43 bits per heavy atom. The minimum atomic E-state index is -0.119. The lowest BCUT2D eigenvalue weighted by molar-refractivity contribution is 0.0888. The van der Waals surface area contributed by atoms with Gasteiger partial charge in [0.15, 0.2) is 0 Å². The fourth-order valence-corrected chi connectivity index (χ4v) is 3.02. The number of imidazole rings is 1. The number of carbonyl (C=O) groups excluding carboxylic acids is 1. The van der Waals surface area contributed by atoms with Crippen molar-refractivity contribution < 1.29 is 4.79 Å². The maximum Gasteiger partial charge on any atom is 0.271 e. The average molecular weight is 335 g/mol. The van der Waals surface area contributed by atoms with Crippen molar-refractivity contribution in [1.29, 1.82) is 0 Å². The molecule has 0 unspecified atom stereocenters. The van der Waals surface area contributed by atoms with E-state index in [2.05, 4.69) is 36.1 Å². The first-order chi connectivity index (χ1) is 10.8. The van der Waals surface area contributed by atoms with Crippen LogP contribution in [0.4, 0.5) is 0 Å². The molecule has 0 aromatic carbocycles. The minimum absolute atomic E-state index is 0.0109. The normalized spacial score (nSPS) is 13.3. The Balaban J connectivity index is 2.06. The van der Waals surface area contributed by atoms with Gasteiger partial charge in [-0.25, -0.2) is 9.97 Å². The van der Waals surface area contributed by atoms with Crippen molar-refractivity contribution in [2.24, 2.45) is 5.41 Å². The van der Waals surface area contributed by atoms with Gasteiger partial charge >= 0.3 is 0 Å². The third-order valence-electron chi connectivity index (χ3n) is 3.54. The Labute approximate surface area is 141 Å². The second-order valence-corrected chi connectivity index (χ2v) is 7.96. The summed E-state index contributed by atoms with van der Waals surface area (Å²) < 4.78 is 1.98. The molecule has 1 N–H and O–H groups in total. The molecule has 23 heavy (non-hydrogen) atoms. The molecule has 0 fully saturated rings. The van der Waals surface area contributed by atoms with E-state index in [9.17, 15) is 4.79 Å². The Morgan fingerprint density at radius 3 is 2.74 bits per heavy atom. The van der Waals surface area contributed by atoms with Crippen molar-refractivity contribution in [2.45, 2.75) is 39.9 Å². The van der Waals surface area contributed by atoms with Crippen LogP contribution < -0.4 is 5.32 Å². The van der Waals surface area contributed by atoms with Gasteiger partial charge in [-0.05, 0) is 19.5 Å². The SMILES string of the molecule is CN(C)Cc1nc(C(=O)N[C@@H](Cn2ccnc2)C(C)(C)C)cs1. The second-order valence-electron chi connectivity index (χ2n) is 7.02. The molecule has 0 saturated carbocycles. The molecule has 0 radical (unpaired) electrons. The molecule has 1 amide bonds. The van der Waals surface area contributed by atoms with E-state index in [0.717, 1.165) is 11.6 Å². The number of amides is 1. The van der Waals surface area contributed by atoms with E-state index >= 15 is 0 Å². The third-order valence-corrected chi connectivity index (χ3v) is 4.37. The number of thiazole rings is 1. The van der Waals surface area contributed by atoms with Crippen LogP contribution in [0.25, 0.3) is 0 Å². The summed E-state index contributed by atoms with van der Waals surface area (Å²) in [6.45, 7) is 7.79. The van der Waals surface area contributed by atoms with Crippen molar-refractivity contribution in [3.63, 3.8) is 0 Å². The van der Waals surface area contributed by atoms with Crippen LogP contribution in [0.1, 0.15) is 36.3 Å². The smallest absolute Gasteiger partial charge is 0.271 e. The van der Waals surface area contributed by atoms with Crippen LogP contribution in [-0.4, -0.2) is 45.5 Å². The molecular formula is C16H25N5OS. The molecule has 2 heterocycles. The number of rotatable bonds is 6. The number of hydrogen-bond donors (Lipinski definition) is 1. The van der Waals surface area contributed by atoms with Gasteiger partial charge in [-0.1, -0.05) is 20.8 Å². The summed E-state index contributed by atoms with van der Waals surface area (Å²) in [4.78, 5) is 23.1. The van der Waals surface area contributed by atoms with Crippen LogP contribution in [-0.2, 0) is 13.1 Å². The van der Waals surface area contributed by atoms with Gasteiger partial charge in [0.25, 0.3) is 5.91 Å². The second kappa shape index (κ2) is 7.23. The quantitative estimate of drug-likeness (QED) is 0.879. The van der Waals surface area contributed by atoms with Crippen LogP contribution in [0.3, 0.4) is 0 Å². The molecular weight excluding hydrogens is 310 g/mol. The van der Waals surface area contributed by atoms with Crippen molar-refractivity contribution in [1.82, 2.24) is 24.8 Å². The van der Waals surface area contributed by atoms with Crippen LogP contribution >= 0.6 is 11.3 Å². The van der Waals surface area contributed by atoms with Gasteiger partial charge < -0.3 is 14.8 Å². The van der Waals surface area contributed by atoms with Gasteiger partial charge in [-0.3, -0.25) is 4.79 Å². The van der Waals surface area contributed by atoms with E-state index < -0.39 is 0 Å². The predicted octanol–water partition coefficient (Wildman–Crippen LogP) is 2.25. The van der Waals surface area contributed by atoms with Crippen molar-refractivity contribution in [3.05, 3.63) is 34.8 Å². The average Bonchev–Trinajstić information content (AvgIpc) is 3.07. The van der Waals surface area contributed by atoms with Crippen molar-refractivity contribution in [2.75, 3.05) is 14.1 Å². The fourth-order valence-electron chi connectivity index (χ4n) is 2.13. The summed E-state index contributed by atoms with van der Waals surface area (Å²) in [7, 11) is 3.98. The van der Waals surface area contributed by atoms with E-state index in [1.54, 1.807) is 12.5 Å². The van der Waals surface area contributed by atoms with Gasteiger partial charge in [-0.15, -0.1) is 11.3 Å². The Bertz CT molecular complexity index is 627. The molecule has 7 heteroatoms. The number of aromatic nitrogens is 3. The zero-order valence-corrected chi connectivity index (χ0v) is 15.2. The van der Waals surface area contributed by atoms with Crippen molar-refractivity contribution >= 4 is 17.2 Å². The molecule has 0 aliphatic heterocycles. The number of nitrogens with zero attached hydrogens (tertiary/aromatic N) is 4. The molecule has 0 saturated heterocycles. The molecule has 0 spiro atoms. The maximum absolute atomic E-state index is 12.5. The van der Waals surface area contributed by atoms with Gasteiger partial charge in [0.05, 0.1) is 12.4 Å². The van der Waals surface area contributed by atoms with E-state index in [1.165, 1.54) is 11.3 Å².